The molecule has 5 heteroatoms. The van der Waals surface area contributed by atoms with E-state index in [2.05, 4.69) is 31.4 Å². The van der Waals surface area contributed by atoms with Crippen molar-refractivity contribution in [1.29, 1.82) is 0 Å². The Bertz CT molecular complexity index is 288. The molecule has 0 radical (unpaired) electrons. The van der Waals surface area contributed by atoms with Crippen molar-refractivity contribution in [3.05, 3.63) is 0 Å². The molecule has 0 spiro atoms. The average molecular weight is 302 g/mol. The van der Waals surface area contributed by atoms with Crippen LogP contribution in [0.15, 0.2) is 0 Å². The largest absolute Gasteiger partial charge is 0.444 e. The molecule has 0 aromatic rings. The topological polar surface area (TPSA) is 59.6 Å². The Balaban J connectivity index is 4.11. The molecule has 0 saturated carbocycles. The Morgan fingerprint density at radius 2 is 1.76 bits per heavy atom. The smallest absolute Gasteiger partial charge is 0.407 e. The van der Waals surface area contributed by atoms with E-state index in [1.165, 1.54) is 0 Å². The Kier molecular flexibility index (Phi) is 9.62. The van der Waals surface area contributed by atoms with E-state index in [9.17, 15) is 4.79 Å². The van der Waals surface area contributed by atoms with E-state index in [0.29, 0.717) is 31.0 Å². The van der Waals surface area contributed by atoms with Gasteiger partial charge >= 0.3 is 6.09 Å². The maximum Gasteiger partial charge on any atom is 0.407 e. The highest BCUT2D eigenvalue weighted by Gasteiger charge is 2.19. The molecule has 1 amide bonds. The number of hydrogen-bond donors (Lipinski definition) is 2. The highest BCUT2D eigenvalue weighted by Crippen LogP contribution is 2.10. The Morgan fingerprint density at radius 3 is 2.24 bits per heavy atom. The van der Waals surface area contributed by atoms with Crippen LogP contribution in [-0.4, -0.2) is 44.0 Å². The van der Waals surface area contributed by atoms with Gasteiger partial charge in [0, 0.05) is 25.7 Å². The first-order valence-electron chi connectivity index (χ1n) is 7.93. The van der Waals surface area contributed by atoms with Crippen molar-refractivity contribution in [1.82, 2.24) is 10.6 Å². The van der Waals surface area contributed by atoms with Gasteiger partial charge in [0.15, 0.2) is 0 Å². The van der Waals surface area contributed by atoms with Crippen molar-refractivity contribution in [3.8, 4) is 0 Å². The number of alkyl carbamates (subject to hydrolysis) is 1. The van der Waals surface area contributed by atoms with Crippen molar-refractivity contribution >= 4 is 6.09 Å². The quantitative estimate of drug-likeness (QED) is 0.687. The summed E-state index contributed by atoms with van der Waals surface area (Å²) in [5, 5.41) is 6.31. The molecular formula is C16H34N2O3. The highest BCUT2D eigenvalue weighted by atomic mass is 16.6. The van der Waals surface area contributed by atoms with Gasteiger partial charge in [-0.2, -0.15) is 0 Å². The average Bonchev–Trinajstić information content (AvgIpc) is 2.33. The standard InChI is InChI=1S/C16H34N2O3/c1-8-20-11-13(4)17-9-14(12(2)3)10-18-15(19)21-16(5,6)7/h12-14,17H,8-11H2,1-7H3,(H,18,19). The van der Waals surface area contributed by atoms with E-state index in [-0.39, 0.29) is 6.09 Å². The Morgan fingerprint density at radius 1 is 1.14 bits per heavy atom. The lowest BCUT2D eigenvalue weighted by Gasteiger charge is -2.25. The maximum absolute atomic E-state index is 11.7. The van der Waals surface area contributed by atoms with Crippen molar-refractivity contribution in [2.24, 2.45) is 11.8 Å². The Hall–Kier alpha value is -0.810. The summed E-state index contributed by atoms with van der Waals surface area (Å²) in [5.74, 6) is 0.841. The van der Waals surface area contributed by atoms with Crippen LogP contribution in [-0.2, 0) is 9.47 Å². The molecule has 21 heavy (non-hydrogen) atoms. The lowest BCUT2D eigenvalue weighted by molar-refractivity contribution is 0.0513. The van der Waals surface area contributed by atoms with Crippen molar-refractivity contribution in [2.75, 3.05) is 26.3 Å². The van der Waals surface area contributed by atoms with Gasteiger partial charge in [-0.05, 0) is 46.5 Å². The second kappa shape index (κ2) is 10.0. The van der Waals surface area contributed by atoms with Gasteiger partial charge in [-0.3, -0.25) is 0 Å². The summed E-state index contributed by atoms with van der Waals surface area (Å²) in [6.45, 7) is 16.9. The summed E-state index contributed by atoms with van der Waals surface area (Å²) in [6, 6.07) is 0.313. The van der Waals surface area contributed by atoms with Crippen molar-refractivity contribution in [3.63, 3.8) is 0 Å². The van der Waals surface area contributed by atoms with Crippen LogP contribution in [0.1, 0.15) is 48.5 Å². The molecule has 0 fully saturated rings. The van der Waals surface area contributed by atoms with Crippen LogP contribution in [0.4, 0.5) is 4.79 Å². The summed E-state index contributed by atoms with van der Waals surface area (Å²) in [7, 11) is 0. The second-order valence-corrected chi connectivity index (χ2v) is 6.86. The van der Waals surface area contributed by atoms with Gasteiger partial charge in [0.2, 0.25) is 0 Å². The van der Waals surface area contributed by atoms with E-state index in [1.807, 2.05) is 27.7 Å². The molecule has 5 nitrogen and oxygen atoms in total. The van der Waals surface area contributed by atoms with E-state index >= 15 is 0 Å². The molecule has 0 heterocycles. The fourth-order valence-electron chi connectivity index (χ4n) is 1.78. The minimum Gasteiger partial charge on any atom is -0.444 e. The van der Waals surface area contributed by atoms with Gasteiger partial charge in [-0.25, -0.2) is 4.79 Å². The molecule has 126 valence electrons. The van der Waals surface area contributed by atoms with E-state index in [4.69, 9.17) is 9.47 Å². The van der Waals surface area contributed by atoms with E-state index < -0.39 is 5.60 Å². The van der Waals surface area contributed by atoms with E-state index in [0.717, 1.165) is 13.2 Å². The Labute approximate surface area is 130 Å². The maximum atomic E-state index is 11.7. The molecule has 0 aliphatic rings. The van der Waals surface area contributed by atoms with Gasteiger partial charge in [-0.15, -0.1) is 0 Å². The predicted octanol–water partition coefficient (Wildman–Crippen LogP) is 2.80. The third-order valence-electron chi connectivity index (χ3n) is 3.15. The van der Waals surface area contributed by atoms with Crippen LogP contribution in [0.25, 0.3) is 0 Å². The van der Waals surface area contributed by atoms with Crippen molar-refractivity contribution in [2.45, 2.75) is 60.1 Å². The van der Waals surface area contributed by atoms with Crippen LogP contribution < -0.4 is 10.6 Å². The molecule has 0 bridgehead atoms. The summed E-state index contributed by atoms with van der Waals surface area (Å²) in [4.78, 5) is 11.7. The first kappa shape index (κ1) is 20.2. The number of carbonyl (C=O) groups is 1. The van der Waals surface area contributed by atoms with Crippen LogP contribution in [0, 0.1) is 11.8 Å². The predicted molar refractivity (Wildman–Crippen MR) is 86.5 cm³/mol. The normalized spacial score (nSPS) is 14.9. The lowest BCUT2D eigenvalue weighted by atomic mass is 9.95. The summed E-state index contributed by atoms with van der Waals surface area (Å²) in [6.07, 6.45) is -0.351. The second-order valence-electron chi connectivity index (χ2n) is 6.86. The SMILES string of the molecule is CCOCC(C)NCC(CNC(=O)OC(C)(C)C)C(C)C. The molecule has 2 N–H and O–H groups in total. The number of nitrogens with one attached hydrogen (secondary N) is 2. The molecule has 0 saturated heterocycles. The number of carbonyl (C=O) groups excluding carboxylic acids is 1. The van der Waals surface area contributed by atoms with Crippen LogP contribution in [0.3, 0.4) is 0 Å². The van der Waals surface area contributed by atoms with Crippen LogP contribution >= 0.6 is 0 Å². The zero-order valence-electron chi connectivity index (χ0n) is 14.8. The fraction of sp³-hybridized carbons (Fsp3) is 0.938. The summed E-state index contributed by atoms with van der Waals surface area (Å²) in [5.41, 5.74) is -0.457. The summed E-state index contributed by atoms with van der Waals surface area (Å²) < 4.78 is 10.6. The molecule has 2 unspecified atom stereocenters. The molecule has 0 aromatic carbocycles. The minimum atomic E-state index is -0.457. The molecule has 0 rings (SSSR count). The lowest BCUT2D eigenvalue weighted by Crippen LogP contribution is -2.42. The first-order chi connectivity index (χ1) is 9.65. The molecule has 2 atom stereocenters. The molecule has 0 aromatic heterocycles. The zero-order valence-corrected chi connectivity index (χ0v) is 14.8. The number of rotatable bonds is 9. The fourth-order valence-corrected chi connectivity index (χ4v) is 1.78. The highest BCUT2D eigenvalue weighted by molar-refractivity contribution is 5.67. The van der Waals surface area contributed by atoms with Gasteiger partial charge in [-0.1, -0.05) is 13.8 Å². The first-order valence-corrected chi connectivity index (χ1v) is 7.93. The van der Waals surface area contributed by atoms with Crippen LogP contribution in [0.5, 0.6) is 0 Å². The zero-order chi connectivity index (χ0) is 16.5. The molecule has 0 aliphatic heterocycles. The summed E-state index contributed by atoms with van der Waals surface area (Å²) >= 11 is 0. The number of hydrogen-bond acceptors (Lipinski definition) is 4. The molecular weight excluding hydrogens is 268 g/mol. The van der Waals surface area contributed by atoms with E-state index in [1.54, 1.807) is 0 Å². The number of amides is 1. The van der Waals surface area contributed by atoms with Gasteiger partial charge in [0.25, 0.3) is 0 Å². The monoisotopic (exact) mass is 302 g/mol. The third-order valence-corrected chi connectivity index (χ3v) is 3.15. The van der Waals surface area contributed by atoms with Crippen molar-refractivity contribution < 1.29 is 14.3 Å². The number of ether oxygens (including phenoxy) is 2. The van der Waals surface area contributed by atoms with Gasteiger partial charge in [0.05, 0.1) is 6.61 Å². The third kappa shape index (κ3) is 11.5. The van der Waals surface area contributed by atoms with Gasteiger partial charge in [0.1, 0.15) is 5.60 Å². The van der Waals surface area contributed by atoms with Gasteiger partial charge < -0.3 is 20.1 Å². The molecule has 0 aliphatic carbocycles. The van der Waals surface area contributed by atoms with Crippen LogP contribution in [0.2, 0.25) is 0 Å². The minimum absolute atomic E-state index is 0.313.